The first-order valence-electron chi connectivity index (χ1n) is 7.78. The maximum Gasteiger partial charge on any atom is 0.490 e. The molecule has 10 heteroatoms. The standard InChI is InChI=1S/C14H20N2O2S.C2HF3O2/c15-14-7-6-11(8-9-19(16,17)18)10-13(14)12-4-2-1-3-5-12;3-2(4,5)1(6)7/h4,6-7,10H,1-3,5,8-9,15H2,(H2,16,17,18);(H,6,7). The number of carboxylic acids is 1. The number of aliphatic carboxylic acids is 1. The third-order valence-electron chi connectivity index (χ3n) is 3.67. The van der Waals surface area contributed by atoms with Crippen LogP contribution in [-0.2, 0) is 21.2 Å². The highest BCUT2D eigenvalue weighted by Gasteiger charge is 2.38. The summed E-state index contributed by atoms with van der Waals surface area (Å²) < 4.78 is 53.7. The van der Waals surface area contributed by atoms with Crippen LogP contribution in [0.3, 0.4) is 0 Å². The molecule has 0 atom stereocenters. The number of primary sulfonamides is 1. The number of carbonyl (C=O) groups is 1. The van der Waals surface area contributed by atoms with Crippen LogP contribution in [0.25, 0.3) is 5.57 Å². The molecule has 26 heavy (non-hydrogen) atoms. The lowest BCUT2D eigenvalue weighted by molar-refractivity contribution is -0.192. The molecule has 0 bridgehead atoms. The lowest BCUT2D eigenvalue weighted by Gasteiger charge is -2.16. The molecule has 0 radical (unpaired) electrons. The molecule has 0 heterocycles. The monoisotopic (exact) mass is 394 g/mol. The quantitative estimate of drug-likeness (QED) is 0.678. The molecule has 6 nitrogen and oxygen atoms in total. The van der Waals surface area contributed by atoms with Crippen molar-refractivity contribution in [1.82, 2.24) is 0 Å². The van der Waals surface area contributed by atoms with E-state index in [9.17, 15) is 21.6 Å². The van der Waals surface area contributed by atoms with Crippen LogP contribution >= 0.6 is 0 Å². The van der Waals surface area contributed by atoms with Crippen LogP contribution < -0.4 is 10.9 Å². The van der Waals surface area contributed by atoms with Crippen LogP contribution in [0.2, 0.25) is 0 Å². The average Bonchev–Trinajstić information content (AvgIpc) is 2.54. The predicted molar refractivity (Wildman–Crippen MR) is 92.7 cm³/mol. The Morgan fingerprint density at radius 3 is 2.31 bits per heavy atom. The van der Waals surface area contributed by atoms with E-state index in [4.69, 9.17) is 20.8 Å². The van der Waals surface area contributed by atoms with Crippen LogP contribution in [0.5, 0.6) is 0 Å². The highest BCUT2D eigenvalue weighted by molar-refractivity contribution is 7.89. The molecule has 0 unspecified atom stereocenters. The van der Waals surface area contributed by atoms with E-state index in [2.05, 4.69) is 6.08 Å². The number of hydrogen-bond acceptors (Lipinski definition) is 4. The van der Waals surface area contributed by atoms with Gasteiger partial charge in [-0.25, -0.2) is 18.4 Å². The predicted octanol–water partition coefficient (Wildman–Crippen LogP) is 2.69. The van der Waals surface area contributed by atoms with E-state index in [0.29, 0.717) is 6.42 Å². The maximum atomic E-state index is 11.0. The number of nitrogen functional groups attached to an aromatic ring is 1. The summed E-state index contributed by atoms with van der Waals surface area (Å²) in [6, 6.07) is 5.72. The number of halogens is 3. The number of allylic oxidation sites excluding steroid dienone is 2. The lowest BCUT2D eigenvalue weighted by Crippen LogP contribution is -2.21. The Hall–Kier alpha value is -2.07. The van der Waals surface area contributed by atoms with Gasteiger partial charge in [-0.2, -0.15) is 13.2 Å². The highest BCUT2D eigenvalue weighted by atomic mass is 32.2. The van der Waals surface area contributed by atoms with E-state index in [-0.39, 0.29) is 5.75 Å². The molecule has 0 aromatic heterocycles. The summed E-state index contributed by atoms with van der Waals surface area (Å²) in [6.07, 6.45) is 2.14. The third kappa shape index (κ3) is 7.87. The van der Waals surface area contributed by atoms with Gasteiger partial charge in [-0.05, 0) is 55.4 Å². The second-order valence-electron chi connectivity index (χ2n) is 5.82. The van der Waals surface area contributed by atoms with Crippen molar-refractivity contribution in [2.75, 3.05) is 11.5 Å². The van der Waals surface area contributed by atoms with Crippen molar-refractivity contribution < 1.29 is 31.5 Å². The van der Waals surface area contributed by atoms with Crippen LogP contribution in [0, 0.1) is 0 Å². The zero-order chi connectivity index (χ0) is 20.0. The second kappa shape index (κ2) is 9.04. The number of nitrogens with two attached hydrogens (primary N) is 2. The minimum absolute atomic E-state index is 0.0323. The van der Waals surface area contributed by atoms with Crippen molar-refractivity contribution in [3.05, 3.63) is 35.4 Å². The van der Waals surface area contributed by atoms with Gasteiger partial charge >= 0.3 is 12.1 Å². The number of aryl methyl sites for hydroxylation is 1. The lowest BCUT2D eigenvalue weighted by atomic mass is 9.91. The van der Waals surface area contributed by atoms with E-state index >= 15 is 0 Å². The molecule has 2 rings (SSSR count). The second-order valence-corrected chi connectivity index (χ2v) is 7.55. The Bertz CT molecular complexity index is 774. The zero-order valence-electron chi connectivity index (χ0n) is 13.9. The number of hydrogen-bond donors (Lipinski definition) is 3. The van der Waals surface area contributed by atoms with E-state index in [1.54, 1.807) is 0 Å². The van der Waals surface area contributed by atoms with Gasteiger partial charge in [-0.1, -0.05) is 12.1 Å². The fourth-order valence-corrected chi connectivity index (χ4v) is 2.90. The molecular formula is C16H21F3N2O4S. The number of carboxylic acid groups (broad SMARTS) is 1. The van der Waals surface area contributed by atoms with E-state index in [1.807, 2.05) is 18.2 Å². The van der Waals surface area contributed by atoms with Gasteiger partial charge in [0.2, 0.25) is 10.0 Å². The van der Waals surface area contributed by atoms with E-state index in [0.717, 1.165) is 29.7 Å². The molecule has 146 valence electrons. The van der Waals surface area contributed by atoms with E-state index < -0.39 is 22.2 Å². The number of anilines is 1. The van der Waals surface area contributed by atoms with Gasteiger partial charge in [0.25, 0.3) is 0 Å². The Balaban J connectivity index is 0.000000412. The molecule has 1 aromatic rings. The highest BCUT2D eigenvalue weighted by Crippen LogP contribution is 2.31. The number of benzene rings is 1. The molecule has 0 amide bonds. The zero-order valence-corrected chi connectivity index (χ0v) is 14.7. The normalized spacial score (nSPS) is 14.8. The van der Waals surface area contributed by atoms with Gasteiger partial charge in [0.05, 0.1) is 5.75 Å². The van der Waals surface area contributed by atoms with E-state index in [1.165, 1.54) is 18.4 Å². The summed E-state index contributed by atoms with van der Waals surface area (Å²) in [7, 11) is -3.42. The Labute approximate surface area is 149 Å². The summed E-state index contributed by atoms with van der Waals surface area (Å²) in [5.74, 6) is -2.79. The minimum Gasteiger partial charge on any atom is -0.475 e. The first-order valence-corrected chi connectivity index (χ1v) is 9.50. The van der Waals surface area contributed by atoms with Gasteiger partial charge in [0.15, 0.2) is 0 Å². The molecule has 0 saturated heterocycles. The Morgan fingerprint density at radius 1 is 1.23 bits per heavy atom. The minimum atomic E-state index is -5.08. The van der Waals surface area contributed by atoms with Crippen molar-refractivity contribution in [3.63, 3.8) is 0 Å². The van der Waals surface area contributed by atoms with Crippen LogP contribution in [0.15, 0.2) is 24.3 Å². The molecule has 0 spiro atoms. The van der Waals surface area contributed by atoms with Crippen LogP contribution in [-0.4, -0.2) is 31.4 Å². The summed E-state index contributed by atoms with van der Waals surface area (Å²) in [4.78, 5) is 8.90. The number of sulfonamides is 1. The fourth-order valence-electron chi connectivity index (χ4n) is 2.38. The van der Waals surface area contributed by atoms with Crippen molar-refractivity contribution in [2.45, 2.75) is 38.3 Å². The Morgan fingerprint density at radius 2 is 1.85 bits per heavy atom. The Kier molecular flexibility index (Phi) is 7.64. The third-order valence-corrected chi connectivity index (χ3v) is 4.45. The fraction of sp³-hybridized carbons (Fsp3) is 0.438. The van der Waals surface area contributed by atoms with Gasteiger partial charge < -0.3 is 10.8 Å². The summed E-state index contributed by atoms with van der Waals surface area (Å²) in [5.41, 5.74) is 10.1. The van der Waals surface area contributed by atoms with Crippen LogP contribution in [0.4, 0.5) is 18.9 Å². The molecule has 1 aliphatic carbocycles. The van der Waals surface area contributed by atoms with Gasteiger partial charge in [0, 0.05) is 11.3 Å². The number of alkyl halides is 3. The average molecular weight is 394 g/mol. The molecular weight excluding hydrogens is 373 g/mol. The summed E-state index contributed by atoms with van der Waals surface area (Å²) in [6.45, 7) is 0. The first-order chi connectivity index (χ1) is 11.9. The molecule has 0 aliphatic heterocycles. The SMILES string of the molecule is Nc1ccc(CCS(N)(=O)=O)cc1C1=CCCCC1.O=C(O)C(F)(F)F. The molecule has 0 fully saturated rings. The van der Waals surface area contributed by atoms with Crippen molar-refractivity contribution in [1.29, 1.82) is 0 Å². The van der Waals surface area contributed by atoms with Gasteiger partial charge in [-0.3, -0.25) is 0 Å². The molecule has 1 aliphatic rings. The van der Waals surface area contributed by atoms with Gasteiger partial charge in [-0.15, -0.1) is 0 Å². The topological polar surface area (TPSA) is 123 Å². The van der Waals surface area contributed by atoms with Crippen molar-refractivity contribution in [3.8, 4) is 0 Å². The molecule has 0 saturated carbocycles. The smallest absolute Gasteiger partial charge is 0.475 e. The summed E-state index contributed by atoms with van der Waals surface area (Å²) in [5, 5.41) is 12.2. The van der Waals surface area contributed by atoms with Gasteiger partial charge in [0.1, 0.15) is 0 Å². The molecule has 5 N–H and O–H groups in total. The van der Waals surface area contributed by atoms with Crippen LogP contribution in [0.1, 0.15) is 36.8 Å². The first kappa shape index (κ1) is 22.0. The van der Waals surface area contributed by atoms with Crippen molar-refractivity contribution >= 4 is 27.3 Å². The molecule has 1 aromatic carbocycles. The largest absolute Gasteiger partial charge is 0.490 e. The maximum absolute atomic E-state index is 11.0. The van der Waals surface area contributed by atoms with Crippen molar-refractivity contribution in [2.24, 2.45) is 5.14 Å². The summed E-state index contributed by atoms with van der Waals surface area (Å²) >= 11 is 0. The number of rotatable bonds is 4.